The lowest BCUT2D eigenvalue weighted by atomic mass is 10.3. The Kier molecular flexibility index (Phi) is 5.71. The third kappa shape index (κ3) is 4.18. The largest absolute Gasteiger partial charge is 0.497 e. The van der Waals surface area contributed by atoms with Crippen LogP contribution in [-0.4, -0.2) is 46.4 Å². The van der Waals surface area contributed by atoms with Crippen LogP contribution in [0.4, 0.5) is 5.13 Å². The van der Waals surface area contributed by atoms with E-state index in [1.807, 2.05) is 0 Å². The van der Waals surface area contributed by atoms with E-state index in [4.69, 9.17) is 14.2 Å². The van der Waals surface area contributed by atoms with Crippen molar-refractivity contribution in [1.82, 2.24) is 4.98 Å². The van der Waals surface area contributed by atoms with E-state index in [0.717, 1.165) is 4.70 Å². The Morgan fingerprint density at radius 2 is 1.68 bits per heavy atom. The van der Waals surface area contributed by atoms with Crippen molar-refractivity contribution in [3.63, 3.8) is 0 Å². The molecule has 0 unspecified atom stereocenters. The van der Waals surface area contributed by atoms with Crippen LogP contribution in [0.25, 0.3) is 10.2 Å². The Hall–Kier alpha value is -2.85. The number of rotatable bonds is 7. The van der Waals surface area contributed by atoms with E-state index in [1.54, 1.807) is 12.1 Å². The molecule has 0 fully saturated rings. The Bertz CT molecular complexity index is 1070. The van der Waals surface area contributed by atoms with Gasteiger partial charge in [0, 0.05) is 12.1 Å². The van der Waals surface area contributed by atoms with E-state index < -0.39 is 21.5 Å². The van der Waals surface area contributed by atoms with Crippen molar-refractivity contribution in [2.45, 2.75) is 4.90 Å². The maximum absolute atomic E-state index is 12.4. The van der Waals surface area contributed by atoms with Gasteiger partial charge < -0.3 is 19.5 Å². The number of hydrogen-bond donors (Lipinski definition) is 1. The van der Waals surface area contributed by atoms with Crippen LogP contribution >= 0.6 is 11.3 Å². The summed E-state index contributed by atoms with van der Waals surface area (Å²) in [5.74, 6) is 0.221. The van der Waals surface area contributed by atoms with E-state index in [-0.39, 0.29) is 4.90 Å². The van der Waals surface area contributed by atoms with E-state index in [1.165, 1.54) is 56.9 Å². The third-order valence-corrected chi connectivity index (χ3v) is 6.45. The lowest BCUT2D eigenvalue weighted by Crippen LogP contribution is -2.22. The van der Waals surface area contributed by atoms with Gasteiger partial charge in [0.05, 0.1) is 36.4 Å². The molecule has 0 bridgehead atoms. The van der Waals surface area contributed by atoms with Gasteiger partial charge >= 0.3 is 0 Å². The Morgan fingerprint density at radius 1 is 1.04 bits per heavy atom. The summed E-state index contributed by atoms with van der Waals surface area (Å²) in [6.45, 7) is 0. The first kappa shape index (κ1) is 19.9. The van der Waals surface area contributed by atoms with Crippen molar-refractivity contribution in [2.75, 3.05) is 32.4 Å². The summed E-state index contributed by atoms with van der Waals surface area (Å²) in [5, 5.41) is 2.83. The first-order chi connectivity index (χ1) is 13.4. The number of amides is 1. The Balaban J connectivity index is 1.76. The van der Waals surface area contributed by atoms with Crippen LogP contribution in [0, 0.1) is 0 Å². The smallest absolute Gasteiger partial charge is 0.241 e. The highest BCUT2D eigenvalue weighted by atomic mass is 32.2. The zero-order chi connectivity index (χ0) is 20.3. The van der Waals surface area contributed by atoms with Crippen molar-refractivity contribution < 1.29 is 27.4 Å². The van der Waals surface area contributed by atoms with Gasteiger partial charge in [0.15, 0.2) is 26.5 Å². The van der Waals surface area contributed by atoms with Crippen LogP contribution in [0.3, 0.4) is 0 Å². The number of carbonyl (C=O) groups excluding carboxylic acids is 1. The van der Waals surface area contributed by atoms with Crippen LogP contribution in [0.2, 0.25) is 0 Å². The maximum atomic E-state index is 12.4. The standard InChI is InChI=1S/C18H18N2O6S2/c1-24-11-4-6-12(7-5-11)28(22,23)10-17(21)20-18-19-13-8-14(25-2)15(26-3)9-16(13)27-18/h4-9H,10H2,1-3H3,(H,19,20,21). The molecule has 1 heterocycles. The van der Waals surface area contributed by atoms with Gasteiger partial charge in [-0.15, -0.1) is 0 Å². The number of thiazole rings is 1. The molecule has 10 heteroatoms. The molecular formula is C18H18N2O6S2. The second-order valence-electron chi connectivity index (χ2n) is 5.68. The molecule has 1 aromatic heterocycles. The highest BCUT2D eigenvalue weighted by molar-refractivity contribution is 7.92. The molecule has 0 saturated heterocycles. The van der Waals surface area contributed by atoms with Gasteiger partial charge in [0.2, 0.25) is 5.91 Å². The number of methoxy groups -OCH3 is 3. The molecule has 8 nitrogen and oxygen atoms in total. The number of fused-ring (bicyclic) bond motifs is 1. The van der Waals surface area contributed by atoms with Gasteiger partial charge in [-0.05, 0) is 24.3 Å². The van der Waals surface area contributed by atoms with Gasteiger partial charge in [-0.1, -0.05) is 11.3 Å². The van der Waals surface area contributed by atoms with Gasteiger partial charge in [-0.3, -0.25) is 4.79 Å². The molecule has 1 N–H and O–H groups in total. The van der Waals surface area contributed by atoms with Crippen molar-refractivity contribution in [1.29, 1.82) is 0 Å². The number of carbonyl (C=O) groups is 1. The summed E-state index contributed by atoms with van der Waals surface area (Å²) in [7, 11) is 0.741. The molecule has 0 spiro atoms. The summed E-state index contributed by atoms with van der Waals surface area (Å²) in [4.78, 5) is 16.6. The Labute approximate surface area is 166 Å². The number of benzene rings is 2. The van der Waals surface area contributed by atoms with Crippen LogP contribution in [-0.2, 0) is 14.6 Å². The summed E-state index contributed by atoms with van der Waals surface area (Å²) in [5.41, 5.74) is 0.607. The maximum Gasteiger partial charge on any atom is 0.241 e. The zero-order valence-corrected chi connectivity index (χ0v) is 17.0. The molecule has 148 valence electrons. The fourth-order valence-electron chi connectivity index (χ4n) is 2.50. The Morgan fingerprint density at radius 3 is 2.29 bits per heavy atom. The van der Waals surface area contributed by atoms with Gasteiger partial charge in [0.1, 0.15) is 11.5 Å². The second kappa shape index (κ2) is 8.03. The average molecular weight is 422 g/mol. The monoisotopic (exact) mass is 422 g/mol. The zero-order valence-electron chi connectivity index (χ0n) is 15.4. The number of hydrogen-bond acceptors (Lipinski definition) is 8. The van der Waals surface area contributed by atoms with Crippen molar-refractivity contribution in [3.8, 4) is 17.2 Å². The van der Waals surface area contributed by atoms with E-state index in [2.05, 4.69) is 10.3 Å². The summed E-state index contributed by atoms with van der Waals surface area (Å²) >= 11 is 1.21. The van der Waals surface area contributed by atoms with Crippen LogP contribution < -0.4 is 19.5 Å². The molecule has 0 aliphatic carbocycles. The van der Waals surface area contributed by atoms with Crippen molar-refractivity contribution in [2.24, 2.45) is 0 Å². The number of ether oxygens (including phenoxy) is 3. The van der Waals surface area contributed by atoms with E-state index in [0.29, 0.717) is 27.9 Å². The van der Waals surface area contributed by atoms with Crippen LogP contribution in [0.15, 0.2) is 41.3 Å². The first-order valence-electron chi connectivity index (χ1n) is 8.05. The molecular weight excluding hydrogens is 404 g/mol. The minimum absolute atomic E-state index is 0.0437. The fraction of sp³-hybridized carbons (Fsp3) is 0.222. The summed E-state index contributed by atoms with van der Waals surface area (Å²) < 4.78 is 41.1. The minimum atomic E-state index is -3.79. The highest BCUT2D eigenvalue weighted by Crippen LogP contribution is 2.36. The molecule has 0 radical (unpaired) electrons. The topological polar surface area (TPSA) is 104 Å². The van der Waals surface area contributed by atoms with Crippen molar-refractivity contribution >= 4 is 42.4 Å². The number of anilines is 1. The number of nitrogens with zero attached hydrogens (tertiary/aromatic N) is 1. The van der Waals surface area contributed by atoms with Gasteiger partial charge in [-0.2, -0.15) is 0 Å². The molecule has 28 heavy (non-hydrogen) atoms. The molecule has 1 amide bonds. The predicted octanol–water partition coefficient (Wildman–Crippen LogP) is 2.73. The molecule has 0 saturated carbocycles. The highest BCUT2D eigenvalue weighted by Gasteiger charge is 2.21. The minimum Gasteiger partial charge on any atom is -0.497 e. The molecule has 0 atom stereocenters. The van der Waals surface area contributed by atoms with Crippen molar-refractivity contribution in [3.05, 3.63) is 36.4 Å². The molecule has 2 aromatic carbocycles. The summed E-state index contributed by atoms with van der Waals surface area (Å²) in [6.07, 6.45) is 0. The number of sulfone groups is 1. The molecule has 3 rings (SSSR count). The molecule has 3 aromatic rings. The lowest BCUT2D eigenvalue weighted by molar-refractivity contribution is -0.113. The summed E-state index contributed by atoms with van der Waals surface area (Å²) in [6, 6.07) is 9.29. The third-order valence-electron chi connectivity index (χ3n) is 3.88. The average Bonchev–Trinajstić information content (AvgIpc) is 3.07. The van der Waals surface area contributed by atoms with Gasteiger partial charge in [-0.25, -0.2) is 13.4 Å². The molecule has 0 aliphatic heterocycles. The molecule has 0 aliphatic rings. The number of nitrogens with one attached hydrogen (secondary N) is 1. The fourth-order valence-corrected chi connectivity index (χ4v) is 4.53. The predicted molar refractivity (Wildman–Crippen MR) is 106 cm³/mol. The van der Waals surface area contributed by atoms with E-state index >= 15 is 0 Å². The SMILES string of the molecule is COc1ccc(S(=O)(=O)CC(=O)Nc2nc3cc(OC)c(OC)cc3s2)cc1. The first-order valence-corrected chi connectivity index (χ1v) is 10.5. The second-order valence-corrected chi connectivity index (χ2v) is 8.70. The van der Waals surface area contributed by atoms with Crippen LogP contribution in [0.1, 0.15) is 0 Å². The van der Waals surface area contributed by atoms with Gasteiger partial charge in [0.25, 0.3) is 0 Å². The lowest BCUT2D eigenvalue weighted by Gasteiger charge is -2.05. The van der Waals surface area contributed by atoms with Crippen LogP contribution in [0.5, 0.6) is 17.2 Å². The quantitative estimate of drug-likeness (QED) is 0.624. The normalized spacial score (nSPS) is 11.2. The number of aromatic nitrogens is 1. The van der Waals surface area contributed by atoms with E-state index in [9.17, 15) is 13.2 Å².